The third-order valence-electron chi connectivity index (χ3n) is 2.78. The number of aryl methyl sites for hydroxylation is 2. The van der Waals surface area contributed by atoms with Crippen LogP contribution in [0.2, 0.25) is 5.02 Å². The van der Waals surface area contributed by atoms with E-state index in [4.69, 9.17) is 11.6 Å². The largest absolute Gasteiger partial charge is 0.308 e. The molecule has 0 unspecified atom stereocenters. The lowest BCUT2D eigenvalue weighted by atomic mass is 10.2. The Morgan fingerprint density at radius 2 is 2.06 bits per heavy atom. The van der Waals surface area contributed by atoms with Gasteiger partial charge in [-0.05, 0) is 13.0 Å². The van der Waals surface area contributed by atoms with Gasteiger partial charge in [0.2, 0.25) is 0 Å². The van der Waals surface area contributed by atoms with E-state index in [1.165, 1.54) is 0 Å². The van der Waals surface area contributed by atoms with Gasteiger partial charge in [0.25, 0.3) is 0 Å². The van der Waals surface area contributed by atoms with Gasteiger partial charge in [0.05, 0.1) is 10.7 Å². The molecule has 1 heterocycles. The molecule has 0 fully saturated rings. The van der Waals surface area contributed by atoms with Crippen LogP contribution >= 0.6 is 11.6 Å². The molecular weight excluding hydrogens is 253 g/mol. The molecule has 0 amide bonds. The molecular formula is C13H15ClFN3. The molecule has 2 aromatic rings. The summed E-state index contributed by atoms with van der Waals surface area (Å²) in [6, 6.07) is 5.02. The minimum absolute atomic E-state index is 0.159. The number of hydrogen-bond acceptors (Lipinski definition) is 2. The number of benzene rings is 1. The van der Waals surface area contributed by atoms with E-state index in [1.807, 2.05) is 20.2 Å². The topological polar surface area (TPSA) is 29.9 Å². The molecule has 2 rings (SSSR count). The fourth-order valence-electron chi connectivity index (χ4n) is 1.84. The zero-order valence-electron chi connectivity index (χ0n) is 10.4. The zero-order valence-corrected chi connectivity index (χ0v) is 11.1. The van der Waals surface area contributed by atoms with E-state index in [0.717, 1.165) is 11.3 Å². The van der Waals surface area contributed by atoms with Crippen molar-refractivity contribution in [3.8, 4) is 0 Å². The molecule has 0 bridgehead atoms. The van der Waals surface area contributed by atoms with Gasteiger partial charge in [-0.25, -0.2) is 4.39 Å². The lowest BCUT2D eigenvalue weighted by molar-refractivity contribution is 0.588. The first kappa shape index (κ1) is 13.1. The number of nitrogens with one attached hydrogen (secondary N) is 1. The summed E-state index contributed by atoms with van der Waals surface area (Å²) in [4.78, 5) is 0. The van der Waals surface area contributed by atoms with Gasteiger partial charge in [-0.1, -0.05) is 23.7 Å². The predicted molar refractivity (Wildman–Crippen MR) is 69.9 cm³/mol. The van der Waals surface area contributed by atoms with Crippen LogP contribution in [0.5, 0.6) is 0 Å². The molecule has 96 valence electrons. The summed E-state index contributed by atoms with van der Waals surface area (Å²) in [6.07, 6.45) is 1.96. The molecule has 0 saturated carbocycles. The Morgan fingerprint density at radius 1 is 1.33 bits per heavy atom. The summed E-state index contributed by atoms with van der Waals surface area (Å²) in [5, 5.41) is 7.60. The lowest BCUT2D eigenvalue weighted by Gasteiger charge is -2.06. The second kappa shape index (κ2) is 5.50. The third-order valence-corrected chi connectivity index (χ3v) is 3.07. The number of halogens is 2. The molecule has 1 N–H and O–H groups in total. The van der Waals surface area contributed by atoms with E-state index >= 15 is 0 Å². The standard InChI is InChI=1S/C13H15ClFN3/c1-9-11(8-18(2)17-9)7-16-6-10-4-3-5-12(14)13(10)15/h3-5,8,16H,6-7H2,1-2H3. The molecule has 0 atom stereocenters. The highest BCUT2D eigenvalue weighted by atomic mass is 35.5. The molecule has 18 heavy (non-hydrogen) atoms. The van der Waals surface area contributed by atoms with E-state index in [2.05, 4.69) is 10.4 Å². The summed E-state index contributed by atoms with van der Waals surface area (Å²) in [6.45, 7) is 3.06. The van der Waals surface area contributed by atoms with Gasteiger partial charge >= 0.3 is 0 Å². The van der Waals surface area contributed by atoms with Crippen LogP contribution in [0.4, 0.5) is 4.39 Å². The Bertz CT molecular complexity index is 551. The van der Waals surface area contributed by atoms with Crippen LogP contribution in [0, 0.1) is 12.7 Å². The maximum absolute atomic E-state index is 13.6. The Hall–Kier alpha value is -1.39. The number of hydrogen-bond donors (Lipinski definition) is 1. The quantitative estimate of drug-likeness (QED) is 0.923. The van der Waals surface area contributed by atoms with Crippen molar-refractivity contribution in [2.24, 2.45) is 7.05 Å². The fourth-order valence-corrected chi connectivity index (χ4v) is 2.03. The first-order valence-corrected chi connectivity index (χ1v) is 6.08. The van der Waals surface area contributed by atoms with Crippen molar-refractivity contribution >= 4 is 11.6 Å². The maximum atomic E-state index is 13.6. The van der Waals surface area contributed by atoms with Crippen molar-refractivity contribution in [2.45, 2.75) is 20.0 Å². The molecule has 0 radical (unpaired) electrons. The number of aromatic nitrogens is 2. The van der Waals surface area contributed by atoms with Crippen LogP contribution < -0.4 is 5.32 Å². The first-order valence-electron chi connectivity index (χ1n) is 5.70. The molecule has 0 aliphatic heterocycles. The van der Waals surface area contributed by atoms with Crippen molar-refractivity contribution < 1.29 is 4.39 Å². The Balaban J connectivity index is 1.96. The molecule has 5 heteroatoms. The molecule has 1 aromatic heterocycles. The van der Waals surface area contributed by atoms with Crippen LogP contribution in [0.15, 0.2) is 24.4 Å². The van der Waals surface area contributed by atoms with Crippen molar-refractivity contribution in [1.29, 1.82) is 0 Å². The van der Waals surface area contributed by atoms with Crippen LogP contribution in [0.25, 0.3) is 0 Å². The van der Waals surface area contributed by atoms with Gasteiger partial charge in [-0.3, -0.25) is 4.68 Å². The second-order valence-electron chi connectivity index (χ2n) is 4.23. The van der Waals surface area contributed by atoms with Crippen molar-refractivity contribution in [3.05, 3.63) is 52.1 Å². The highest BCUT2D eigenvalue weighted by Crippen LogP contribution is 2.17. The van der Waals surface area contributed by atoms with E-state index in [0.29, 0.717) is 18.7 Å². The molecule has 0 aliphatic carbocycles. The van der Waals surface area contributed by atoms with Gasteiger partial charge in [0.1, 0.15) is 5.82 Å². The van der Waals surface area contributed by atoms with E-state index in [9.17, 15) is 4.39 Å². The zero-order chi connectivity index (χ0) is 13.1. The minimum Gasteiger partial charge on any atom is -0.308 e. The van der Waals surface area contributed by atoms with Crippen LogP contribution in [-0.2, 0) is 20.1 Å². The molecule has 0 saturated heterocycles. The summed E-state index contributed by atoms with van der Waals surface area (Å²) >= 11 is 5.72. The SMILES string of the molecule is Cc1nn(C)cc1CNCc1cccc(Cl)c1F. The first-order chi connectivity index (χ1) is 8.58. The highest BCUT2D eigenvalue weighted by molar-refractivity contribution is 6.30. The Kier molecular flexibility index (Phi) is 3.99. The van der Waals surface area contributed by atoms with Gasteiger partial charge < -0.3 is 5.32 Å². The van der Waals surface area contributed by atoms with E-state index in [-0.39, 0.29) is 10.8 Å². The van der Waals surface area contributed by atoms with Crippen LogP contribution in [0.1, 0.15) is 16.8 Å². The molecule has 3 nitrogen and oxygen atoms in total. The normalized spacial score (nSPS) is 10.9. The summed E-state index contributed by atoms with van der Waals surface area (Å²) in [5.41, 5.74) is 2.67. The molecule has 0 spiro atoms. The average Bonchev–Trinajstić information content (AvgIpc) is 2.63. The minimum atomic E-state index is -0.352. The molecule has 0 aliphatic rings. The number of rotatable bonds is 4. The summed E-state index contributed by atoms with van der Waals surface area (Å²) < 4.78 is 15.4. The smallest absolute Gasteiger partial charge is 0.146 e. The van der Waals surface area contributed by atoms with Crippen LogP contribution in [-0.4, -0.2) is 9.78 Å². The Labute approximate surface area is 111 Å². The number of nitrogens with zero attached hydrogens (tertiary/aromatic N) is 2. The van der Waals surface area contributed by atoms with Crippen LogP contribution in [0.3, 0.4) is 0 Å². The van der Waals surface area contributed by atoms with Gasteiger partial charge in [-0.2, -0.15) is 5.10 Å². The Morgan fingerprint density at radius 3 is 2.72 bits per heavy atom. The highest BCUT2D eigenvalue weighted by Gasteiger charge is 2.06. The maximum Gasteiger partial charge on any atom is 0.146 e. The van der Waals surface area contributed by atoms with Gasteiger partial charge in [0, 0.05) is 37.5 Å². The van der Waals surface area contributed by atoms with Crippen molar-refractivity contribution in [3.63, 3.8) is 0 Å². The van der Waals surface area contributed by atoms with E-state index < -0.39 is 0 Å². The predicted octanol–water partition coefficient (Wildman–Crippen LogP) is 2.81. The third kappa shape index (κ3) is 2.89. The van der Waals surface area contributed by atoms with E-state index in [1.54, 1.807) is 22.9 Å². The van der Waals surface area contributed by atoms with Gasteiger partial charge in [0.15, 0.2) is 0 Å². The summed E-state index contributed by atoms with van der Waals surface area (Å²) in [5.74, 6) is -0.352. The van der Waals surface area contributed by atoms with Crippen molar-refractivity contribution in [1.82, 2.24) is 15.1 Å². The molecule has 1 aromatic carbocycles. The van der Waals surface area contributed by atoms with Gasteiger partial charge in [-0.15, -0.1) is 0 Å². The monoisotopic (exact) mass is 267 g/mol. The summed E-state index contributed by atoms with van der Waals surface area (Å²) in [7, 11) is 1.88. The average molecular weight is 268 g/mol. The lowest BCUT2D eigenvalue weighted by Crippen LogP contribution is -2.14. The fraction of sp³-hybridized carbons (Fsp3) is 0.308. The van der Waals surface area contributed by atoms with Crippen molar-refractivity contribution in [2.75, 3.05) is 0 Å². The second-order valence-corrected chi connectivity index (χ2v) is 4.64.